The molecule has 0 saturated carbocycles. The van der Waals surface area contributed by atoms with E-state index in [0.717, 1.165) is 14.7 Å². The Bertz CT molecular complexity index is 2590. The predicted molar refractivity (Wildman–Crippen MR) is 357 cm³/mol. The van der Waals surface area contributed by atoms with Gasteiger partial charge in [0.05, 0.1) is 12.6 Å². The third-order valence-corrected chi connectivity index (χ3v) is 17.5. The number of aliphatic hydroxyl groups excluding tert-OH is 1. The molecule has 0 aliphatic carbocycles. The van der Waals surface area contributed by atoms with Crippen LogP contribution in [0.25, 0.3) is 0 Å². The molecule has 5 N–H and O–H groups in total. The van der Waals surface area contributed by atoms with E-state index >= 15 is 14.4 Å². The fraction of sp³-hybridized carbons (Fsp3) is 0.791. The van der Waals surface area contributed by atoms with Crippen LogP contribution in [0.15, 0.2) is 12.2 Å². The van der Waals surface area contributed by atoms with Gasteiger partial charge in [-0.2, -0.15) is 0 Å². The fourth-order valence-electron chi connectivity index (χ4n) is 11.5. The number of nitrogens with one attached hydrogen (secondary N) is 4. The number of carbonyl (C=O) groups is 12. The van der Waals surface area contributed by atoms with Crippen molar-refractivity contribution in [1.29, 1.82) is 0 Å². The molecule has 93 heavy (non-hydrogen) atoms. The Balaban J connectivity index is 4.46. The van der Waals surface area contributed by atoms with Crippen LogP contribution in [-0.4, -0.2) is 256 Å². The van der Waals surface area contributed by atoms with Crippen LogP contribution in [0.4, 0.5) is 4.79 Å². The maximum Gasteiger partial charge on any atom is 0.410 e. The highest BCUT2D eigenvalue weighted by molar-refractivity contribution is 5.99. The molecular weight excluding hydrogens is 1200 g/mol. The second-order valence-electron chi connectivity index (χ2n) is 28.0. The Hall–Kier alpha value is -6.86. The van der Waals surface area contributed by atoms with Crippen molar-refractivity contribution >= 4 is 71.1 Å². The smallest absolute Gasteiger partial charge is 0.410 e. The van der Waals surface area contributed by atoms with Crippen molar-refractivity contribution in [2.45, 2.75) is 242 Å². The molecule has 26 heteroatoms. The van der Waals surface area contributed by atoms with E-state index in [4.69, 9.17) is 4.74 Å². The topological polar surface area (TPSA) is 308 Å². The van der Waals surface area contributed by atoms with Crippen molar-refractivity contribution in [3.8, 4) is 0 Å². The Morgan fingerprint density at radius 3 is 1.46 bits per heavy atom. The number of rotatable bonds is 18. The largest absolute Gasteiger partial charge is 0.443 e. The first-order valence-electron chi connectivity index (χ1n) is 33.2. The summed E-state index contributed by atoms with van der Waals surface area (Å²) in [6.45, 7) is 32.5. The van der Waals surface area contributed by atoms with E-state index in [0.29, 0.717) is 13.1 Å². The van der Waals surface area contributed by atoms with Gasteiger partial charge in [-0.3, -0.25) is 52.7 Å². The van der Waals surface area contributed by atoms with Crippen LogP contribution in [0.3, 0.4) is 0 Å². The number of carbonyl (C=O) groups excluding carboxylic acids is 12. The first-order chi connectivity index (χ1) is 42.9. The van der Waals surface area contributed by atoms with Crippen molar-refractivity contribution in [2.24, 2.45) is 35.5 Å². The summed E-state index contributed by atoms with van der Waals surface area (Å²) in [6, 6.07) is -13.2. The molecule has 0 aromatic heterocycles. The van der Waals surface area contributed by atoms with E-state index in [1.165, 1.54) is 87.7 Å². The number of aliphatic hydroxyl groups is 1. The summed E-state index contributed by atoms with van der Waals surface area (Å²) < 4.78 is 5.94. The molecule has 1 aliphatic rings. The van der Waals surface area contributed by atoms with Crippen LogP contribution in [0, 0.1) is 35.5 Å². The van der Waals surface area contributed by atoms with E-state index < -0.39 is 167 Å². The van der Waals surface area contributed by atoms with Gasteiger partial charge in [-0.05, 0) is 116 Å². The molecule has 0 radical (unpaired) electrons. The second-order valence-corrected chi connectivity index (χ2v) is 28.0. The lowest BCUT2D eigenvalue weighted by atomic mass is 9.91. The molecule has 1 aliphatic heterocycles. The zero-order valence-electron chi connectivity index (χ0n) is 61.2. The molecule has 12 atom stereocenters. The minimum Gasteiger partial charge on any atom is -0.443 e. The van der Waals surface area contributed by atoms with Crippen LogP contribution >= 0.6 is 0 Å². The van der Waals surface area contributed by atoms with E-state index in [1.54, 1.807) is 88.3 Å². The van der Waals surface area contributed by atoms with Crippen molar-refractivity contribution in [3.63, 3.8) is 0 Å². The SMILES string of the molecule is C/C=C/CC(C)C(O)[C@H]1C(=O)N[C@@H](CC)C(=O)N(C)CC(=O)N(C)[C@@H](CC(C)(C)OC(=O)N(CC)CC)C(=O)N[C@@H](C(C)C)C(=O)N(C)[C@@H](CC(C)C)C(=O)N[C@@H](C)C(=O)N[C@H](C)C(=O)N(C)[C@@H](CC(C)C)C(=O)N(C)[C@@H](CC(C)C)C(=O)N(C)[C@@H](C(C)C)C(=O)N1C. The Labute approximate surface area is 555 Å². The van der Waals surface area contributed by atoms with Crippen molar-refractivity contribution < 1.29 is 67.4 Å². The number of amides is 12. The van der Waals surface area contributed by atoms with Crippen LogP contribution in [-0.2, 0) is 57.5 Å². The standard InChI is InChI=1S/C67H120N12O14/c1-27-31-32-43(15)55(81)54-59(85)70-46(28-2)61(87)72(20)37-51(80)73(21)50(36-67(18,19)93-66(92)79(29-3)30-4)58(84)71-52(41(11)12)64(90)74(22)47(33-38(5)6)57(83)68-44(16)56(82)69-45(17)60(86)75(23)48(34-39(7)8)62(88)76(24)49(35-40(9)10)63(89)77(25)53(42(13)14)65(91)78(54)26/h27,31,38-50,52-55,81H,28-30,32-37H2,1-26H3,(H,68,83)(H,69,82)(H,70,85)(H,71,84)/b31-27+/t43?,44-,45+,46-,47-,48-,49-,50-,52-,53-,54-,55?/m0/s1. The van der Waals surface area contributed by atoms with E-state index in [2.05, 4.69) is 21.3 Å². The van der Waals surface area contributed by atoms with Gasteiger partial charge in [-0.15, -0.1) is 0 Å². The average molecular weight is 1320 g/mol. The van der Waals surface area contributed by atoms with Gasteiger partial charge in [0.25, 0.3) is 0 Å². The summed E-state index contributed by atoms with van der Waals surface area (Å²) in [7, 11) is 9.67. The summed E-state index contributed by atoms with van der Waals surface area (Å²) >= 11 is 0. The summed E-state index contributed by atoms with van der Waals surface area (Å²) in [6.07, 6.45) is 1.63. The monoisotopic (exact) mass is 1320 g/mol. The Morgan fingerprint density at radius 1 is 0.548 bits per heavy atom. The molecule has 12 amide bonds. The van der Waals surface area contributed by atoms with Crippen LogP contribution < -0.4 is 21.3 Å². The third kappa shape index (κ3) is 23.8. The molecule has 0 aromatic rings. The van der Waals surface area contributed by atoms with Crippen molar-refractivity contribution in [1.82, 2.24) is 60.5 Å². The quantitative estimate of drug-likeness (QED) is 0.122. The molecule has 26 nitrogen and oxygen atoms in total. The Morgan fingerprint density at radius 2 is 1.00 bits per heavy atom. The van der Waals surface area contributed by atoms with Crippen molar-refractivity contribution in [2.75, 3.05) is 69.0 Å². The lowest BCUT2D eigenvalue weighted by Gasteiger charge is -2.41. The summed E-state index contributed by atoms with van der Waals surface area (Å²) in [5.74, 6) is -10.5. The van der Waals surface area contributed by atoms with Gasteiger partial charge in [0, 0.05) is 68.8 Å². The van der Waals surface area contributed by atoms with Gasteiger partial charge < -0.3 is 70.3 Å². The molecule has 0 spiro atoms. The molecule has 1 heterocycles. The number of ether oxygens (including phenoxy) is 1. The Kier molecular flexibility index (Phi) is 34.3. The minimum atomic E-state index is -1.66. The molecule has 2 unspecified atom stereocenters. The fourth-order valence-corrected chi connectivity index (χ4v) is 11.5. The first-order valence-corrected chi connectivity index (χ1v) is 33.2. The maximum atomic E-state index is 15.2. The molecule has 1 rings (SSSR count). The summed E-state index contributed by atoms with van der Waals surface area (Å²) in [4.78, 5) is 185. The van der Waals surface area contributed by atoms with Crippen LogP contribution in [0.2, 0.25) is 0 Å². The average Bonchev–Trinajstić information content (AvgIpc) is 0.884. The highest BCUT2D eigenvalue weighted by Gasteiger charge is 2.46. The molecule has 1 saturated heterocycles. The lowest BCUT2D eigenvalue weighted by molar-refractivity contribution is -0.157. The molecule has 0 bridgehead atoms. The van der Waals surface area contributed by atoms with Gasteiger partial charge in [0.1, 0.15) is 66.0 Å². The molecular formula is C67H120N12O14. The molecule has 0 aromatic carbocycles. The first kappa shape index (κ1) is 84.2. The van der Waals surface area contributed by atoms with E-state index in [-0.39, 0.29) is 56.3 Å². The second kappa shape index (κ2) is 37.9. The van der Waals surface area contributed by atoms with Gasteiger partial charge >= 0.3 is 6.09 Å². The number of allylic oxidation sites excluding steroid dienone is 2. The van der Waals surface area contributed by atoms with Crippen LogP contribution in [0.1, 0.15) is 170 Å². The van der Waals surface area contributed by atoms with Gasteiger partial charge in [0.2, 0.25) is 65.0 Å². The molecule has 532 valence electrons. The molecule has 1 fully saturated rings. The van der Waals surface area contributed by atoms with E-state index in [1.807, 2.05) is 41.5 Å². The van der Waals surface area contributed by atoms with E-state index in [9.17, 15) is 48.3 Å². The number of hydrogen-bond donors (Lipinski definition) is 5. The summed E-state index contributed by atoms with van der Waals surface area (Å²) in [5.41, 5.74) is -1.44. The third-order valence-electron chi connectivity index (χ3n) is 17.5. The maximum absolute atomic E-state index is 15.2. The zero-order valence-corrected chi connectivity index (χ0v) is 61.2. The zero-order chi connectivity index (χ0) is 72.2. The van der Waals surface area contributed by atoms with Gasteiger partial charge in [-0.25, -0.2) is 4.79 Å². The number of likely N-dealkylation sites (N-methyl/N-ethyl adjacent to an activating group) is 7. The van der Waals surface area contributed by atoms with Gasteiger partial charge in [-0.1, -0.05) is 95.2 Å². The predicted octanol–water partition coefficient (Wildman–Crippen LogP) is 3.87. The highest BCUT2D eigenvalue weighted by atomic mass is 16.6. The van der Waals surface area contributed by atoms with Gasteiger partial charge in [0.15, 0.2) is 0 Å². The van der Waals surface area contributed by atoms with Crippen LogP contribution in [0.5, 0.6) is 0 Å². The number of hydrogen-bond acceptors (Lipinski definition) is 14. The lowest BCUT2D eigenvalue weighted by Crippen LogP contribution is -2.63. The number of nitrogens with zero attached hydrogens (tertiary/aromatic N) is 8. The summed E-state index contributed by atoms with van der Waals surface area (Å²) in [5, 5.41) is 23.1. The normalized spacial score (nSPS) is 25.6. The van der Waals surface area contributed by atoms with Crippen molar-refractivity contribution in [3.05, 3.63) is 12.2 Å². The minimum absolute atomic E-state index is 0.0339. The highest BCUT2D eigenvalue weighted by Crippen LogP contribution is 2.27.